The van der Waals surface area contributed by atoms with E-state index in [0.29, 0.717) is 23.7 Å². The number of hydrogen-bond donors (Lipinski definition) is 2. The van der Waals surface area contributed by atoms with Gasteiger partial charge in [0.1, 0.15) is 11.6 Å². The molecule has 0 unspecified atom stereocenters. The highest BCUT2D eigenvalue weighted by molar-refractivity contribution is 5.99. The lowest BCUT2D eigenvalue weighted by molar-refractivity contribution is 0.262. The van der Waals surface area contributed by atoms with E-state index in [0.717, 1.165) is 5.56 Å². The van der Waals surface area contributed by atoms with Crippen molar-refractivity contribution in [2.75, 3.05) is 17.7 Å². The van der Waals surface area contributed by atoms with Crippen LogP contribution in [0.15, 0.2) is 60.9 Å². The fourth-order valence-corrected chi connectivity index (χ4v) is 2.26. The number of urea groups is 1. The summed E-state index contributed by atoms with van der Waals surface area (Å²) >= 11 is 0. The van der Waals surface area contributed by atoms with Gasteiger partial charge in [0.15, 0.2) is 0 Å². The lowest BCUT2D eigenvalue weighted by atomic mass is 10.2. The van der Waals surface area contributed by atoms with E-state index in [1.807, 2.05) is 0 Å². The number of aromatic nitrogens is 2. The van der Waals surface area contributed by atoms with Crippen LogP contribution in [-0.2, 0) is 6.54 Å². The van der Waals surface area contributed by atoms with Crippen molar-refractivity contribution >= 4 is 17.4 Å². The number of carbonyl (C=O) groups is 1. The number of methoxy groups -OCH3 is 1. The van der Waals surface area contributed by atoms with E-state index in [9.17, 15) is 9.18 Å². The number of nitrogens with one attached hydrogen (secondary N) is 2. The number of anilines is 2. The molecular weight excluding hydrogens is 323 g/mol. The second kappa shape index (κ2) is 7.48. The summed E-state index contributed by atoms with van der Waals surface area (Å²) in [6, 6.07) is 12.8. The molecule has 1 heterocycles. The average Bonchev–Trinajstić information content (AvgIpc) is 3.04. The molecule has 6 nitrogen and oxygen atoms in total. The van der Waals surface area contributed by atoms with Crippen LogP contribution in [0.1, 0.15) is 5.56 Å². The molecule has 0 bridgehead atoms. The van der Waals surface area contributed by atoms with Gasteiger partial charge in [-0.2, -0.15) is 5.10 Å². The van der Waals surface area contributed by atoms with E-state index in [4.69, 9.17) is 4.74 Å². The van der Waals surface area contributed by atoms with Gasteiger partial charge in [0.2, 0.25) is 0 Å². The Morgan fingerprint density at radius 1 is 1.08 bits per heavy atom. The standard InChI is InChI=1S/C18H17FN4O2/c1-25-17-8-6-15(7-9-17)21-18(24)22-16-10-20-23(12-16)11-13-2-4-14(19)5-3-13/h2-10,12H,11H2,1H3,(H2,21,22,24). The number of carbonyl (C=O) groups excluding carboxylic acids is 1. The molecule has 0 radical (unpaired) electrons. The number of halogens is 1. The smallest absolute Gasteiger partial charge is 0.323 e. The van der Waals surface area contributed by atoms with Crippen LogP contribution in [0.5, 0.6) is 5.75 Å². The summed E-state index contributed by atoms with van der Waals surface area (Å²) in [6.07, 6.45) is 3.26. The predicted octanol–water partition coefficient (Wildman–Crippen LogP) is 3.72. The molecule has 2 amide bonds. The Kier molecular flexibility index (Phi) is 4.94. The van der Waals surface area contributed by atoms with Gasteiger partial charge in [-0.25, -0.2) is 9.18 Å². The van der Waals surface area contributed by atoms with E-state index >= 15 is 0 Å². The van der Waals surface area contributed by atoms with E-state index in [2.05, 4.69) is 15.7 Å². The molecule has 0 saturated heterocycles. The van der Waals surface area contributed by atoms with Crippen molar-refractivity contribution < 1.29 is 13.9 Å². The van der Waals surface area contributed by atoms with Gasteiger partial charge in [-0.1, -0.05) is 12.1 Å². The molecule has 0 fully saturated rings. The molecule has 25 heavy (non-hydrogen) atoms. The summed E-state index contributed by atoms with van der Waals surface area (Å²) in [6.45, 7) is 0.488. The monoisotopic (exact) mass is 340 g/mol. The highest BCUT2D eigenvalue weighted by Crippen LogP contribution is 2.15. The fourth-order valence-electron chi connectivity index (χ4n) is 2.26. The van der Waals surface area contributed by atoms with E-state index < -0.39 is 0 Å². The van der Waals surface area contributed by atoms with Crippen molar-refractivity contribution in [2.45, 2.75) is 6.54 Å². The summed E-state index contributed by atoms with van der Waals surface area (Å²) in [4.78, 5) is 12.0. The third kappa shape index (κ3) is 4.57. The highest BCUT2D eigenvalue weighted by atomic mass is 19.1. The lowest BCUT2D eigenvalue weighted by Gasteiger charge is -2.06. The van der Waals surface area contributed by atoms with Gasteiger partial charge in [-0.05, 0) is 42.0 Å². The van der Waals surface area contributed by atoms with Gasteiger partial charge in [-0.15, -0.1) is 0 Å². The molecule has 0 atom stereocenters. The summed E-state index contributed by atoms with van der Waals surface area (Å²) in [5, 5.41) is 9.61. The zero-order valence-corrected chi connectivity index (χ0v) is 13.6. The topological polar surface area (TPSA) is 68.2 Å². The van der Waals surface area contributed by atoms with Crippen molar-refractivity contribution in [1.29, 1.82) is 0 Å². The maximum atomic E-state index is 12.9. The number of hydrogen-bond acceptors (Lipinski definition) is 3. The molecule has 0 spiro atoms. The van der Waals surface area contributed by atoms with Crippen molar-refractivity contribution in [3.05, 3.63) is 72.3 Å². The van der Waals surface area contributed by atoms with Crippen LogP contribution in [0.2, 0.25) is 0 Å². The third-order valence-corrected chi connectivity index (χ3v) is 3.50. The van der Waals surface area contributed by atoms with Crippen LogP contribution in [0.25, 0.3) is 0 Å². The zero-order valence-electron chi connectivity index (χ0n) is 13.6. The highest BCUT2D eigenvalue weighted by Gasteiger charge is 2.06. The minimum absolute atomic E-state index is 0.276. The number of amides is 2. The molecule has 7 heteroatoms. The first-order chi connectivity index (χ1) is 12.1. The molecule has 2 aromatic carbocycles. The van der Waals surface area contributed by atoms with Crippen molar-refractivity contribution in [3.63, 3.8) is 0 Å². The second-order valence-electron chi connectivity index (χ2n) is 5.36. The first-order valence-electron chi connectivity index (χ1n) is 7.61. The molecule has 2 N–H and O–H groups in total. The molecule has 0 aliphatic heterocycles. The van der Waals surface area contributed by atoms with Crippen molar-refractivity contribution in [1.82, 2.24) is 9.78 Å². The Hall–Kier alpha value is -3.35. The number of benzene rings is 2. The number of nitrogens with zero attached hydrogens (tertiary/aromatic N) is 2. The van der Waals surface area contributed by atoms with Gasteiger partial charge >= 0.3 is 6.03 Å². The maximum Gasteiger partial charge on any atom is 0.323 e. The largest absolute Gasteiger partial charge is 0.497 e. The molecule has 3 rings (SSSR count). The molecule has 0 aliphatic rings. The van der Waals surface area contributed by atoms with Crippen LogP contribution in [0.3, 0.4) is 0 Å². The fraction of sp³-hybridized carbons (Fsp3) is 0.111. The lowest BCUT2D eigenvalue weighted by Crippen LogP contribution is -2.19. The molecule has 0 saturated carbocycles. The number of rotatable bonds is 5. The summed E-state index contributed by atoms with van der Waals surface area (Å²) in [5.74, 6) is 0.440. The zero-order chi connectivity index (χ0) is 17.6. The van der Waals surface area contributed by atoms with Crippen LogP contribution in [0, 0.1) is 5.82 Å². The maximum absolute atomic E-state index is 12.9. The van der Waals surface area contributed by atoms with Gasteiger partial charge in [0.05, 0.1) is 25.5 Å². The van der Waals surface area contributed by atoms with Crippen LogP contribution < -0.4 is 15.4 Å². The minimum atomic E-state index is -0.369. The van der Waals surface area contributed by atoms with Crippen LogP contribution in [0.4, 0.5) is 20.6 Å². The van der Waals surface area contributed by atoms with Crippen molar-refractivity contribution in [3.8, 4) is 5.75 Å². The Bertz CT molecular complexity index is 844. The van der Waals surface area contributed by atoms with Gasteiger partial charge in [0, 0.05) is 11.9 Å². The molecular formula is C18H17FN4O2. The first-order valence-corrected chi connectivity index (χ1v) is 7.61. The van der Waals surface area contributed by atoms with Gasteiger partial charge in [0.25, 0.3) is 0 Å². The molecule has 1 aromatic heterocycles. The third-order valence-electron chi connectivity index (χ3n) is 3.50. The Labute approximate surface area is 144 Å². The van der Waals surface area contributed by atoms with Crippen LogP contribution >= 0.6 is 0 Å². The number of ether oxygens (including phenoxy) is 1. The normalized spacial score (nSPS) is 10.3. The Balaban J connectivity index is 1.56. The van der Waals surface area contributed by atoms with E-state index in [-0.39, 0.29) is 11.8 Å². The van der Waals surface area contributed by atoms with Gasteiger partial charge < -0.3 is 15.4 Å². The Morgan fingerprint density at radius 2 is 1.76 bits per heavy atom. The first kappa shape index (κ1) is 16.5. The summed E-state index contributed by atoms with van der Waals surface area (Å²) < 4.78 is 19.6. The van der Waals surface area contributed by atoms with Crippen LogP contribution in [-0.4, -0.2) is 22.9 Å². The second-order valence-corrected chi connectivity index (χ2v) is 5.36. The quantitative estimate of drug-likeness (QED) is 0.744. The molecule has 0 aliphatic carbocycles. The van der Waals surface area contributed by atoms with E-state index in [1.165, 1.54) is 12.1 Å². The molecule has 128 valence electrons. The predicted molar refractivity (Wildman–Crippen MR) is 93.4 cm³/mol. The summed E-state index contributed by atoms with van der Waals surface area (Å²) in [5.41, 5.74) is 2.13. The molecule has 3 aromatic rings. The van der Waals surface area contributed by atoms with Crippen molar-refractivity contribution in [2.24, 2.45) is 0 Å². The SMILES string of the molecule is COc1ccc(NC(=O)Nc2cnn(Cc3ccc(F)cc3)c2)cc1. The average molecular weight is 340 g/mol. The minimum Gasteiger partial charge on any atom is -0.497 e. The summed E-state index contributed by atoms with van der Waals surface area (Å²) in [7, 11) is 1.58. The van der Waals surface area contributed by atoms with E-state index in [1.54, 1.807) is 60.6 Å². The Morgan fingerprint density at radius 3 is 2.44 bits per heavy atom. The van der Waals surface area contributed by atoms with Gasteiger partial charge in [-0.3, -0.25) is 4.68 Å².